The zero-order valence-electron chi connectivity index (χ0n) is 14.1. The molecule has 6 nitrogen and oxygen atoms in total. The van der Waals surface area contributed by atoms with E-state index in [-0.39, 0.29) is 6.17 Å². The molecular weight excluding hydrogens is 290 g/mol. The monoisotopic (exact) mass is 319 g/mol. The molecule has 0 saturated carbocycles. The summed E-state index contributed by atoms with van der Waals surface area (Å²) >= 11 is 0. The maximum atomic E-state index is 5.64. The van der Waals surface area contributed by atoms with Crippen LogP contribution in [0.4, 0.5) is 0 Å². The molecule has 2 heterocycles. The van der Waals surface area contributed by atoms with Gasteiger partial charge in [0.1, 0.15) is 6.17 Å². The zero-order chi connectivity index (χ0) is 16.2. The average Bonchev–Trinajstić information content (AvgIpc) is 3.26. The van der Waals surface area contributed by atoms with Gasteiger partial charge in [-0.2, -0.15) is 0 Å². The van der Waals surface area contributed by atoms with Crippen molar-refractivity contribution >= 4 is 0 Å². The van der Waals surface area contributed by atoms with E-state index in [1.165, 1.54) is 25.7 Å². The summed E-state index contributed by atoms with van der Waals surface area (Å²) in [6, 6.07) is 0. The predicted molar refractivity (Wildman–Crippen MR) is 91.3 cm³/mol. The Morgan fingerprint density at radius 2 is 1.70 bits per heavy atom. The van der Waals surface area contributed by atoms with E-state index in [2.05, 4.69) is 31.3 Å². The van der Waals surface area contributed by atoms with Gasteiger partial charge in [-0.3, -0.25) is 0 Å². The van der Waals surface area contributed by atoms with E-state index in [1.807, 2.05) is 37.4 Å². The molecule has 0 spiro atoms. The van der Waals surface area contributed by atoms with Crippen molar-refractivity contribution in [2.24, 2.45) is 0 Å². The maximum Gasteiger partial charge on any atom is 0.113 e. The molecule has 128 valence electrons. The molecule has 0 radical (unpaired) electrons. The van der Waals surface area contributed by atoms with Crippen LogP contribution in [-0.4, -0.2) is 45.4 Å². The van der Waals surface area contributed by atoms with E-state index in [1.54, 1.807) is 0 Å². The van der Waals surface area contributed by atoms with Crippen molar-refractivity contribution in [1.29, 1.82) is 0 Å². The topological polar surface area (TPSA) is 56.9 Å². The van der Waals surface area contributed by atoms with Crippen molar-refractivity contribution in [2.45, 2.75) is 45.2 Å². The minimum absolute atomic E-state index is 0.211. The summed E-state index contributed by atoms with van der Waals surface area (Å²) in [6.07, 6.45) is 17.5. The molecule has 2 aromatic heterocycles. The third-order valence-corrected chi connectivity index (χ3v) is 3.88. The number of ether oxygens (including phenoxy) is 1. The summed E-state index contributed by atoms with van der Waals surface area (Å²) in [5.41, 5.74) is 0. The van der Waals surface area contributed by atoms with Gasteiger partial charge >= 0.3 is 0 Å². The number of unbranched alkanes of at least 4 members (excludes halogenated alkanes) is 3. The van der Waals surface area contributed by atoms with E-state index in [0.717, 1.165) is 32.7 Å². The average molecular weight is 319 g/mol. The quantitative estimate of drug-likeness (QED) is 0.577. The fourth-order valence-electron chi connectivity index (χ4n) is 2.58. The summed E-state index contributed by atoms with van der Waals surface area (Å²) in [4.78, 5) is 8.28. The molecule has 0 aliphatic heterocycles. The molecule has 0 fully saturated rings. The number of rotatable bonds is 13. The lowest BCUT2D eigenvalue weighted by molar-refractivity contribution is 0.131. The summed E-state index contributed by atoms with van der Waals surface area (Å²) in [5, 5.41) is 3.45. The fourth-order valence-corrected chi connectivity index (χ4v) is 2.58. The first-order valence-corrected chi connectivity index (χ1v) is 8.65. The van der Waals surface area contributed by atoms with Crippen LogP contribution in [0.5, 0.6) is 0 Å². The van der Waals surface area contributed by atoms with E-state index in [9.17, 15) is 0 Å². The van der Waals surface area contributed by atoms with Gasteiger partial charge in [0.2, 0.25) is 0 Å². The number of hydrogen-bond acceptors (Lipinski definition) is 4. The predicted octanol–water partition coefficient (Wildman–Crippen LogP) is 2.70. The lowest BCUT2D eigenvalue weighted by Crippen LogP contribution is -2.26. The highest BCUT2D eigenvalue weighted by molar-refractivity contribution is 4.86. The van der Waals surface area contributed by atoms with Crippen LogP contribution >= 0.6 is 0 Å². The van der Waals surface area contributed by atoms with Crippen molar-refractivity contribution in [3.8, 4) is 0 Å². The van der Waals surface area contributed by atoms with Crippen molar-refractivity contribution in [1.82, 2.24) is 24.4 Å². The number of hydrogen-bond donors (Lipinski definition) is 1. The first kappa shape index (κ1) is 17.7. The van der Waals surface area contributed by atoms with E-state index >= 15 is 0 Å². The van der Waals surface area contributed by atoms with Gasteiger partial charge < -0.3 is 19.2 Å². The van der Waals surface area contributed by atoms with E-state index < -0.39 is 0 Å². The fraction of sp³-hybridized carbons (Fsp3) is 0.647. The Kier molecular flexibility index (Phi) is 8.43. The summed E-state index contributed by atoms with van der Waals surface area (Å²) in [5.74, 6) is 0. The molecule has 1 N–H and O–H groups in total. The normalized spacial score (nSPS) is 11.4. The molecule has 0 aromatic carbocycles. The lowest BCUT2D eigenvalue weighted by Gasteiger charge is -2.20. The van der Waals surface area contributed by atoms with Crippen molar-refractivity contribution in [2.75, 3.05) is 26.3 Å². The number of imidazole rings is 2. The number of nitrogens with one attached hydrogen (secondary N) is 1. The third-order valence-electron chi connectivity index (χ3n) is 3.88. The van der Waals surface area contributed by atoms with Crippen molar-refractivity contribution in [3.63, 3.8) is 0 Å². The van der Waals surface area contributed by atoms with E-state index in [4.69, 9.17) is 4.74 Å². The molecule has 2 aromatic rings. The molecule has 0 aliphatic carbocycles. The van der Waals surface area contributed by atoms with Crippen LogP contribution in [-0.2, 0) is 4.74 Å². The SMILES string of the molecule is CCCCCCOCCNCCC(n1ccnc1)n1ccnc1. The second-order valence-corrected chi connectivity index (χ2v) is 5.71. The molecule has 6 heteroatoms. The lowest BCUT2D eigenvalue weighted by atomic mass is 10.2. The van der Waals surface area contributed by atoms with Crippen LogP contribution in [0.15, 0.2) is 37.4 Å². The molecule has 0 saturated heterocycles. The van der Waals surface area contributed by atoms with Crippen molar-refractivity contribution < 1.29 is 4.74 Å². The Bertz CT molecular complexity index is 449. The summed E-state index contributed by atoms with van der Waals surface area (Å²) in [6.45, 7) is 5.72. The molecular formula is C17H29N5O. The highest BCUT2D eigenvalue weighted by atomic mass is 16.5. The Hall–Kier alpha value is -1.66. The minimum Gasteiger partial charge on any atom is -0.380 e. The Balaban J connectivity index is 1.58. The highest BCUT2D eigenvalue weighted by Crippen LogP contribution is 2.13. The summed E-state index contributed by atoms with van der Waals surface area (Å²) in [7, 11) is 0. The van der Waals surface area contributed by atoms with Gasteiger partial charge in [-0.25, -0.2) is 9.97 Å². The van der Waals surface area contributed by atoms with Crippen LogP contribution in [0.3, 0.4) is 0 Å². The number of aromatic nitrogens is 4. The van der Waals surface area contributed by atoms with E-state index in [0.29, 0.717) is 0 Å². The van der Waals surface area contributed by atoms with Gasteiger partial charge in [0.05, 0.1) is 19.3 Å². The second-order valence-electron chi connectivity index (χ2n) is 5.71. The first-order chi connectivity index (χ1) is 11.4. The maximum absolute atomic E-state index is 5.64. The Morgan fingerprint density at radius 3 is 2.30 bits per heavy atom. The molecule has 0 atom stereocenters. The van der Waals surface area contributed by atoms with Crippen LogP contribution in [0.2, 0.25) is 0 Å². The first-order valence-electron chi connectivity index (χ1n) is 8.65. The molecule has 0 unspecified atom stereocenters. The van der Waals surface area contributed by atoms with Gasteiger partial charge in [0.15, 0.2) is 0 Å². The molecule has 23 heavy (non-hydrogen) atoms. The number of nitrogens with zero attached hydrogens (tertiary/aromatic N) is 4. The highest BCUT2D eigenvalue weighted by Gasteiger charge is 2.11. The van der Waals surface area contributed by atoms with Gasteiger partial charge in [-0.1, -0.05) is 26.2 Å². The van der Waals surface area contributed by atoms with Crippen LogP contribution in [0.1, 0.15) is 45.2 Å². The summed E-state index contributed by atoms with van der Waals surface area (Å²) < 4.78 is 9.85. The minimum atomic E-state index is 0.211. The van der Waals surface area contributed by atoms with Crippen LogP contribution in [0.25, 0.3) is 0 Å². The van der Waals surface area contributed by atoms with Gasteiger partial charge in [0.25, 0.3) is 0 Å². The smallest absolute Gasteiger partial charge is 0.113 e. The largest absolute Gasteiger partial charge is 0.380 e. The zero-order valence-corrected chi connectivity index (χ0v) is 14.1. The second kappa shape index (κ2) is 11.0. The molecule has 2 rings (SSSR count). The molecule has 0 amide bonds. The van der Waals surface area contributed by atoms with Crippen LogP contribution in [0, 0.1) is 0 Å². The van der Waals surface area contributed by atoms with Gasteiger partial charge in [-0.15, -0.1) is 0 Å². The molecule has 0 aliphatic rings. The van der Waals surface area contributed by atoms with Crippen molar-refractivity contribution in [3.05, 3.63) is 37.4 Å². The molecule has 0 bridgehead atoms. The Morgan fingerprint density at radius 1 is 0.957 bits per heavy atom. The third kappa shape index (κ3) is 6.54. The van der Waals surface area contributed by atoms with Gasteiger partial charge in [0, 0.05) is 37.9 Å². The standard InChI is InChI=1S/C17H29N5O/c1-2-3-4-5-13-23-14-10-18-7-6-17(21-11-8-19-15-21)22-12-9-20-16-22/h8-9,11-12,15-18H,2-7,10,13-14H2,1H3. The van der Waals surface area contributed by atoms with Gasteiger partial charge in [-0.05, 0) is 19.4 Å². The van der Waals surface area contributed by atoms with Crippen LogP contribution < -0.4 is 5.32 Å². The Labute approximate surface area is 138 Å².